The Kier molecular flexibility index (Phi) is 8.93. The van der Waals surface area contributed by atoms with E-state index in [0.29, 0.717) is 47.8 Å². The van der Waals surface area contributed by atoms with Crippen molar-refractivity contribution in [3.63, 3.8) is 0 Å². The Balaban J connectivity index is 1.70. The molecule has 182 valence electrons. The van der Waals surface area contributed by atoms with Crippen molar-refractivity contribution in [1.29, 1.82) is 0 Å². The highest BCUT2D eigenvalue weighted by Gasteiger charge is 2.34. The lowest BCUT2D eigenvalue weighted by Gasteiger charge is -2.36. The van der Waals surface area contributed by atoms with Gasteiger partial charge in [0.05, 0.1) is 17.7 Å². The van der Waals surface area contributed by atoms with Crippen LogP contribution in [0.4, 0.5) is 0 Å². The number of methoxy groups -OCH3 is 1. The molecule has 8 heteroatoms. The van der Waals surface area contributed by atoms with E-state index in [9.17, 15) is 14.4 Å². The first-order valence-electron chi connectivity index (χ1n) is 11.6. The quantitative estimate of drug-likeness (QED) is 0.593. The molecule has 0 aromatic heterocycles. The zero-order chi connectivity index (χ0) is 24.7. The number of nitrogens with one attached hydrogen (secondary N) is 2. The van der Waals surface area contributed by atoms with Gasteiger partial charge in [-0.1, -0.05) is 30.7 Å². The summed E-state index contributed by atoms with van der Waals surface area (Å²) in [6.07, 6.45) is 1.98. The van der Waals surface area contributed by atoms with E-state index in [4.69, 9.17) is 16.3 Å². The van der Waals surface area contributed by atoms with Gasteiger partial charge in [0, 0.05) is 24.7 Å². The summed E-state index contributed by atoms with van der Waals surface area (Å²) in [6, 6.07) is 13.1. The first-order chi connectivity index (χ1) is 16.3. The predicted molar refractivity (Wildman–Crippen MR) is 132 cm³/mol. The third-order valence-corrected chi connectivity index (χ3v) is 6.65. The number of hydrogen-bond acceptors (Lipinski definition) is 4. The predicted octanol–water partition coefficient (Wildman–Crippen LogP) is 3.91. The van der Waals surface area contributed by atoms with Crippen LogP contribution in [0, 0.1) is 5.92 Å². The van der Waals surface area contributed by atoms with Crippen LogP contribution in [-0.2, 0) is 4.79 Å². The smallest absolute Gasteiger partial charge is 0.253 e. The molecule has 34 heavy (non-hydrogen) atoms. The molecule has 1 saturated heterocycles. The van der Waals surface area contributed by atoms with Crippen molar-refractivity contribution in [1.82, 2.24) is 15.5 Å². The average molecular weight is 486 g/mol. The molecular formula is C26H32ClN3O4. The number of amides is 3. The molecule has 1 aliphatic rings. The number of halogens is 1. The van der Waals surface area contributed by atoms with Gasteiger partial charge in [-0.15, -0.1) is 0 Å². The first-order valence-corrected chi connectivity index (χ1v) is 12.0. The molecule has 0 spiro atoms. The van der Waals surface area contributed by atoms with E-state index in [-0.39, 0.29) is 29.7 Å². The fraction of sp³-hybridized carbons (Fsp3) is 0.423. The number of nitrogens with zero attached hydrogens (tertiary/aromatic N) is 1. The number of likely N-dealkylation sites (tertiary alicyclic amines) is 1. The summed E-state index contributed by atoms with van der Waals surface area (Å²) >= 11 is 6.19. The minimum Gasteiger partial charge on any atom is -0.497 e. The molecule has 2 aromatic carbocycles. The van der Waals surface area contributed by atoms with Gasteiger partial charge in [0.25, 0.3) is 11.8 Å². The number of ether oxygens (including phenoxy) is 1. The van der Waals surface area contributed by atoms with E-state index in [1.807, 2.05) is 13.8 Å². The second-order valence-electron chi connectivity index (χ2n) is 8.61. The van der Waals surface area contributed by atoms with Crippen LogP contribution >= 0.6 is 11.6 Å². The fourth-order valence-electron chi connectivity index (χ4n) is 4.05. The Hall–Kier alpha value is -3.06. The third-order valence-electron chi connectivity index (χ3n) is 6.32. The van der Waals surface area contributed by atoms with Gasteiger partial charge in [-0.25, -0.2) is 0 Å². The van der Waals surface area contributed by atoms with Crippen molar-refractivity contribution in [2.45, 2.75) is 45.2 Å². The number of hydrogen-bond donors (Lipinski definition) is 2. The van der Waals surface area contributed by atoms with E-state index in [1.165, 1.54) is 0 Å². The summed E-state index contributed by atoms with van der Waals surface area (Å²) in [5.41, 5.74) is 0.926. The summed E-state index contributed by atoms with van der Waals surface area (Å²) in [7, 11) is 1.58. The van der Waals surface area contributed by atoms with Crippen LogP contribution in [0.5, 0.6) is 5.75 Å². The number of carbonyl (C=O) groups excluding carboxylic acids is 3. The van der Waals surface area contributed by atoms with Crippen LogP contribution in [0.2, 0.25) is 5.02 Å². The average Bonchev–Trinajstić information content (AvgIpc) is 2.87. The molecule has 2 atom stereocenters. The summed E-state index contributed by atoms with van der Waals surface area (Å²) in [6.45, 7) is 4.93. The molecule has 2 N–H and O–H groups in total. The summed E-state index contributed by atoms with van der Waals surface area (Å²) in [5.74, 6) is -0.0572. The maximum absolute atomic E-state index is 13.1. The van der Waals surface area contributed by atoms with E-state index in [1.54, 1.807) is 60.5 Å². The molecule has 1 fully saturated rings. The van der Waals surface area contributed by atoms with Gasteiger partial charge in [0.15, 0.2) is 0 Å². The molecular weight excluding hydrogens is 454 g/mol. The molecule has 0 saturated carbocycles. The second kappa shape index (κ2) is 11.9. The van der Waals surface area contributed by atoms with Crippen LogP contribution in [-0.4, -0.2) is 54.9 Å². The molecule has 2 aromatic rings. The van der Waals surface area contributed by atoms with Crippen LogP contribution in [0.1, 0.15) is 53.8 Å². The van der Waals surface area contributed by atoms with E-state index in [2.05, 4.69) is 10.6 Å². The number of rotatable bonds is 8. The molecule has 1 aliphatic heterocycles. The lowest BCUT2D eigenvalue weighted by atomic mass is 9.88. The molecule has 0 radical (unpaired) electrons. The Morgan fingerprint density at radius 3 is 2.29 bits per heavy atom. The molecule has 0 aliphatic carbocycles. The van der Waals surface area contributed by atoms with Crippen molar-refractivity contribution in [3.8, 4) is 5.75 Å². The van der Waals surface area contributed by atoms with Gasteiger partial charge in [-0.2, -0.15) is 0 Å². The minimum absolute atomic E-state index is 0.0102. The van der Waals surface area contributed by atoms with Crippen molar-refractivity contribution >= 4 is 29.3 Å². The highest BCUT2D eigenvalue weighted by atomic mass is 35.5. The van der Waals surface area contributed by atoms with Gasteiger partial charge < -0.3 is 20.3 Å². The van der Waals surface area contributed by atoms with Crippen molar-refractivity contribution in [2.75, 3.05) is 20.2 Å². The summed E-state index contributed by atoms with van der Waals surface area (Å²) in [5, 5.41) is 6.23. The number of piperidine rings is 1. The van der Waals surface area contributed by atoms with Crippen LogP contribution in [0.15, 0.2) is 48.5 Å². The molecule has 1 heterocycles. The number of carbonyl (C=O) groups is 3. The molecule has 0 unspecified atom stereocenters. The monoisotopic (exact) mass is 485 g/mol. The Morgan fingerprint density at radius 2 is 1.71 bits per heavy atom. The zero-order valence-corrected chi connectivity index (χ0v) is 20.6. The normalized spacial score (nSPS) is 15.8. The lowest BCUT2D eigenvalue weighted by Crippen LogP contribution is -2.55. The summed E-state index contributed by atoms with van der Waals surface area (Å²) < 4.78 is 5.16. The standard InChI is InChI=1S/C26H32ClN3O4/c1-4-17(2)28-25(32)23(29-24(31)21-7-5-6-8-22(21)27)18-13-15-30(16-14-18)26(33)19-9-11-20(34-3)12-10-19/h5-12,17-18,23H,4,13-16H2,1-3H3,(H,28,32)(H,29,31)/t17-,23+/m0/s1. The Bertz CT molecular complexity index is 1000. The van der Waals surface area contributed by atoms with Gasteiger partial charge >= 0.3 is 0 Å². The third kappa shape index (κ3) is 6.29. The largest absolute Gasteiger partial charge is 0.497 e. The van der Waals surface area contributed by atoms with Crippen molar-refractivity contribution in [2.24, 2.45) is 5.92 Å². The van der Waals surface area contributed by atoms with E-state index in [0.717, 1.165) is 6.42 Å². The van der Waals surface area contributed by atoms with E-state index >= 15 is 0 Å². The maximum Gasteiger partial charge on any atom is 0.253 e. The van der Waals surface area contributed by atoms with Crippen molar-refractivity contribution in [3.05, 3.63) is 64.7 Å². The molecule has 0 bridgehead atoms. The van der Waals surface area contributed by atoms with Gasteiger partial charge in [-0.3, -0.25) is 14.4 Å². The highest BCUT2D eigenvalue weighted by molar-refractivity contribution is 6.33. The highest BCUT2D eigenvalue weighted by Crippen LogP contribution is 2.24. The molecule has 7 nitrogen and oxygen atoms in total. The SMILES string of the molecule is CC[C@H](C)NC(=O)[C@H](NC(=O)c1ccccc1Cl)C1CCN(C(=O)c2ccc(OC)cc2)CC1. The minimum atomic E-state index is -0.712. The zero-order valence-electron chi connectivity index (χ0n) is 19.8. The fourth-order valence-corrected chi connectivity index (χ4v) is 4.27. The second-order valence-corrected chi connectivity index (χ2v) is 9.01. The van der Waals surface area contributed by atoms with Crippen molar-refractivity contribution < 1.29 is 19.1 Å². The summed E-state index contributed by atoms with van der Waals surface area (Å²) in [4.78, 5) is 40.8. The Morgan fingerprint density at radius 1 is 1.06 bits per heavy atom. The lowest BCUT2D eigenvalue weighted by molar-refractivity contribution is -0.125. The maximum atomic E-state index is 13.1. The van der Waals surface area contributed by atoms with Gasteiger partial charge in [-0.05, 0) is 68.5 Å². The molecule has 3 amide bonds. The molecule has 3 rings (SSSR count). The number of benzene rings is 2. The first kappa shape index (κ1) is 25.6. The Labute approximate surface area is 205 Å². The van der Waals surface area contributed by atoms with Gasteiger partial charge in [0.2, 0.25) is 5.91 Å². The van der Waals surface area contributed by atoms with E-state index < -0.39 is 6.04 Å². The van der Waals surface area contributed by atoms with Crippen LogP contribution in [0.3, 0.4) is 0 Å². The van der Waals surface area contributed by atoms with Crippen LogP contribution < -0.4 is 15.4 Å². The van der Waals surface area contributed by atoms with Crippen LogP contribution in [0.25, 0.3) is 0 Å². The topological polar surface area (TPSA) is 87.7 Å². The van der Waals surface area contributed by atoms with Gasteiger partial charge in [0.1, 0.15) is 11.8 Å².